The second-order valence-corrected chi connectivity index (χ2v) is 8.34. The van der Waals surface area contributed by atoms with Crippen LogP contribution >= 0.6 is 0 Å². The summed E-state index contributed by atoms with van der Waals surface area (Å²) in [7, 11) is 1.62. The van der Waals surface area contributed by atoms with Crippen molar-refractivity contribution in [1.82, 2.24) is 10.2 Å². The molecule has 1 fully saturated rings. The highest BCUT2D eigenvalue weighted by Crippen LogP contribution is 2.21. The van der Waals surface area contributed by atoms with Crippen LogP contribution in [0.5, 0.6) is 11.5 Å². The highest BCUT2D eigenvalue weighted by atomic mass is 16.5. The van der Waals surface area contributed by atoms with Gasteiger partial charge in [-0.3, -0.25) is 9.59 Å². The molecule has 1 saturated carbocycles. The Morgan fingerprint density at radius 3 is 2.41 bits per heavy atom. The fraction of sp³-hybridized carbons (Fsp3) is 0.462. The molecule has 0 aliphatic heterocycles. The van der Waals surface area contributed by atoms with E-state index in [1.807, 2.05) is 62.4 Å². The second kappa shape index (κ2) is 11.6. The molecule has 2 aromatic carbocycles. The number of aryl methyl sites for hydroxylation is 1. The van der Waals surface area contributed by atoms with Gasteiger partial charge in [0.15, 0.2) is 6.61 Å². The summed E-state index contributed by atoms with van der Waals surface area (Å²) in [4.78, 5) is 28.1. The third-order valence-corrected chi connectivity index (χ3v) is 6.04. The van der Waals surface area contributed by atoms with E-state index in [9.17, 15) is 9.59 Å². The third kappa shape index (κ3) is 6.25. The second-order valence-electron chi connectivity index (χ2n) is 8.34. The maximum atomic E-state index is 13.3. The first-order chi connectivity index (χ1) is 15.5. The molecular formula is C26H34N2O4. The first kappa shape index (κ1) is 23.6. The summed E-state index contributed by atoms with van der Waals surface area (Å²) in [5.74, 6) is 1.13. The molecule has 1 aliphatic rings. The van der Waals surface area contributed by atoms with Crippen LogP contribution in [-0.4, -0.2) is 42.5 Å². The van der Waals surface area contributed by atoms with E-state index in [1.54, 1.807) is 12.0 Å². The van der Waals surface area contributed by atoms with Crippen molar-refractivity contribution in [1.29, 1.82) is 0 Å². The highest BCUT2D eigenvalue weighted by Gasteiger charge is 2.30. The van der Waals surface area contributed by atoms with Crippen LogP contribution < -0.4 is 14.8 Å². The molecule has 0 spiro atoms. The van der Waals surface area contributed by atoms with Crippen molar-refractivity contribution in [2.24, 2.45) is 0 Å². The summed E-state index contributed by atoms with van der Waals surface area (Å²) < 4.78 is 11.1. The van der Waals surface area contributed by atoms with Crippen LogP contribution in [0.1, 0.15) is 50.2 Å². The fourth-order valence-electron chi connectivity index (χ4n) is 4.16. The van der Waals surface area contributed by atoms with Crippen molar-refractivity contribution in [2.75, 3.05) is 13.7 Å². The van der Waals surface area contributed by atoms with Crippen molar-refractivity contribution in [3.05, 3.63) is 59.7 Å². The van der Waals surface area contributed by atoms with Gasteiger partial charge in [0.05, 0.1) is 7.11 Å². The molecule has 1 N–H and O–H groups in total. The number of nitrogens with zero attached hydrogens (tertiary/aromatic N) is 1. The molecule has 0 unspecified atom stereocenters. The van der Waals surface area contributed by atoms with E-state index in [2.05, 4.69) is 5.32 Å². The summed E-state index contributed by atoms with van der Waals surface area (Å²) >= 11 is 0. The van der Waals surface area contributed by atoms with E-state index < -0.39 is 6.04 Å². The Labute approximate surface area is 190 Å². The van der Waals surface area contributed by atoms with Crippen LogP contribution in [0.25, 0.3) is 0 Å². The summed E-state index contributed by atoms with van der Waals surface area (Å²) in [6.07, 6.45) is 4.82. The number of benzene rings is 2. The number of hydrogen-bond acceptors (Lipinski definition) is 4. The SMILES string of the molecule is CC[C@@H](C(=O)NC1CCCC1)N(Cc1ccc(OC)cc1)C(=O)COc1ccccc1C. The van der Waals surface area contributed by atoms with Crippen molar-refractivity contribution >= 4 is 11.8 Å². The van der Waals surface area contributed by atoms with Crippen LogP contribution in [0.4, 0.5) is 0 Å². The molecule has 0 saturated heterocycles. The Kier molecular flexibility index (Phi) is 8.54. The van der Waals surface area contributed by atoms with Gasteiger partial charge in [-0.15, -0.1) is 0 Å². The Balaban J connectivity index is 1.76. The minimum absolute atomic E-state index is 0.0860. The van der Waals surface area contributed by atoms with Crippen LogP contribution in [0.3, 0.4) is 0 Å². The topological polar surface area (TPSA) is 67.9 Å². The van der Waals surface area contributed by atoms with Crippen LogP contribution in [0, 0.1) is 6.92 Å². The molecule has 6 heteroatoms. The van der Waals surface area contributed by atoms with Crippen LogP contribution in [-0.2, 0) is 16.1 Å². The zero-order chi connectivity index (χ0) is 22.9. The van der Waals surface area contributed by atoms with Crippen molar-refractivity contribution in [3.8, 4) is 11.5 Å². The number of hydrogen-bond donors (Lipinski definition) is 1. The van der Waals surface area contributed by atoms with Gasteiger partial charge < -0.3 is 19.7 Å². The number of rotatable bonds is 10. The molecule has 6 nitrogen and oxygen atoms in total. The van der Waals surface area contributed by atoms with Crippen LogP contribution in [0.15, 0.2) is 48.5 Å². The predicted octanol–water partition coefficient (Wildman–Crippen LogP) is 4.25. The van der Waals surface area contributed by atoms with Crippen molar-refractivity contribution < 1.29 is 19.1 Å². The smallest absolute Gasteiger partial charge is 0.261 e. The van der Waals surface area contributed by atoms with Crippen LogP contribution in [0.2, 0.25) is 0 Å². The highest BCUT2D eigenvalue weighted by molar-refractivity contribution is 5.88. The minimum Gasteiger partial charge on any atom is -0.497 e. The van der Waals surface area contributed by atoms with Crippen molar-refractivity contribution in [2.45, 2.75) is 64.6 Å². The van der Waals surface area contributed by atoms with Gasteiger partial charge in [-0.05, 0) is 55.5 Å². The Morgan fingerprint density at radius 1 is 1.09 bits per heavy atom. The monoisotopic (exact) mass is 438 g/mol. The quantitative estimate of drug-likeness (QED) is 0.602. The molecule has 3 rings (SSSR count). The molecular weight excluding hydrogens is 404 g/mol. The van der Waals surface area contributed by atoms with Gasteiger partial charge in [0.25, 0.3) is 5.91 Å². The molecule has 0 heterocycles. The average Bonchev–Trinajstić information content (AvgIpc) is 3.31. The number of carbonyl (C=O) groups is 2. The number of carbonyl (C=O) groups excluding carboxylic acids is 2. The lowest BCUT2D eigenvalue weighted by molar-refractivity contribution is -0.143. The van der Waals surface area contributed by atoms with Gasteiger partial charge in [0, 0.05) is 12.6 Å². The lowest BCUT2D eigenvalue weighted by atomic mass is 10.1. The van der Waals surface area contributed by atoms with E-state index in [1.165, 1.54) is 0 Å². The maximum absolute atomic E-state index is 13.3. The van der Waals surface area contributed by atoms with Gasteiger partial charge in [-0.25, -0.2) is 0 Å². The maximum Gasteiger partial charge on any atom is 0.261 e. The molecule has 1 aliphatic carbocycles. The third-order valence-electron chi connectivity index (χ3n) is 6.04. The molecule has 0 aromatic heterocycles. The molecule has 172 valence electrons. The number of methoxy groups -OCH3 is 1. The largest absolute Gasteiger partial charge is 0.497 e. The average molecular weight is 439 g/mol. The number of ether oxygens (including phenoxy) is 2. The van der Waals surface area contributed by atoms with Gasteiger partial charge in [0.2, 0.25) is 5.91 Å². The molecule has 2 aromatic rings. The van der Waals surface area contributed by atoms with E-state index in [0.717, 1.165) is 42.6 Å². The first-order valence-electron chi connectivity index (χ1n) is 11.4. The van der Waals surface area contributed by atoms with Crippen molar-refractivity contribution in [3.63, 3.8) is 0 Å². The Bertz CT molecular complexity index is 891. The Morgan fingerprint density at radius 2 is 1.78 bits per heavy atom. The molecule has 1 atom stereocenters. The number of para-hydroxylation sites is 1. The van der Waals surface area contributed by atoms with E-state index >= 15 is 0 Å². The standard InChI is InChI=1S/C26H34N2O4/c1-4-23(26(30)27-21-10-6-7-11-21)28(17-20-13-15-22(31-3)16-14-20)25(29)18-32-24-12-8-5-9-19(24)2/h5,8-9,12-16,21,23H,4,6-7,10-11,17-18H2,1-3H3,(H,27,30)/t23-/m0/s1. The zero-order valence-corrected chi connectivity index (χ0v) is 19.3. The molecule has 0 bridgehead atoms. The van der Waals surface area contributed by atoms with Gasteiger partial charge in [-0.2, -0.15) is 0 Å². The van der Waals surface area contributed by atoms with E-state index in [0.29, 0.717) is 18.7 Å². The molecule has 2 amide bonds. The molecule has 0 radical (unpaired) electrons. The lowest BCUT2D eigenvalue weighted by Crippen LogP contribution is -2.52. The summed E-state index contributed by atoms with van der Waals surface area (Å²) in [5.41, 5.74) is 1.90. The predicted molar refractivity (Wildman–Crippen MR) is 125 cm³/mol. The summed E-state index contributed by atoms with van der Waals surface area (Å²) in [6.45, 7) is 4.10. The molecule has 32 heavy (non-hydrogen) atoms. The van der Waals surface area contributed by atoms with Gasteiger partial charge >= 0.3 is 0 Å². The normalized spacial score (nSPS) is 14.6. The number of nitrogens with one attached hydrogen (secondary N) is 1. The van der Waals surface area contributed by atoms with E-state index in [4.69, 9.17) is 9.47 Å². The summed E-state index contributed by atoms with van der Waals surface area (Å²) in [6, 6.07) is 14.8. The lowest BCUT2D eigenvalue weighted by Gasteiger charge is -2.31. The zero-order valence-electron chi connectivity index (χ0n) is 19.3. The fourth-order valence-corrected chi connectivity index (χ4v) is 4.16. The summed E-state index contributed by atoms with van der Waals surface area (Å²) in [5, 5.41) is 3.16. The van der Waals surface area contributed by atoms with Gasteiger partial charge in [-0.1, -0.05) is 50.1 Å². The van der Waals surface area contributed by atoms with E-state index in [-0.39, 0.29) is 24.5 Å². The first-order valence-corrected chi connectivity index (χ1v) is 11.4. The Hall–Kier alpha value is -3.02. The number of amides is 2. The van der Waals surface area contributed by atoms with Gasteiger partial charge in [0.1, 0.15) is 17.5 Å². The minimum atomic E-state index is -0.550.